The lowest BCUT2D eigenvalue weighted by Gasteiger charge is -2.20. The number of pyridine rings is 1. The van der Waals surface area contributed by atoms with E-state index in [1.54, 1.807) is 36.4 Å². The average Bonchev–Trinajstić information content (AvgIpc) is 3.30. The Hall–Kier alpha value is -4.98. The highest BCUT2D eigenvalue weighted by molar-refractivity contribution is 6.54. The second kappa shape index (κ2) is 7.53. The van der Waals surface area contributed by atoms with Gasteiger partial charge in [0.2, 0.25) is 11.6 Å². The number of hydrogen-bond donors (Lipinski definition) is 1. The van der Waals surface area contributed by atoms with Crippen LogP contribution in [-0.4, -0.2) is 31.7 Å². The molecule has 8 heteroatoms. The molecule has 0 saturated heterocycles. The van der Waals surface area contributed by atoms with Crippen molar-refractivity contribution in [3.8, 4) is 33.6 Å². The highest BCUT2D eigenvalue weighted by atomic mass is 16.6. The van der Waals surface area contributed by atoms with Crippen LogP contribution in [0.4, 0.5) is 5.69 Å². The molecule has 0 atom stereocenters. The zero-order chi connectivity index (χ0) is 24.3. The fourth-order valence-electron chi connectivity index (χ4n) is 4.56. The third kappa shape index (κ3) is 3.07. The van der Waals surface area contributed by atoms with Gasteiger partial charge in [-0.1, -0.05) is 54.1 Å². The third-order valence-electron chi connectivity index (χ3n) is 6.27. The van der Waals surface area contributed by atoms with Crippen molar-refractivity contribution in [1.82, 2.24) is 15.2 Å². The van der Waals surface area contributed by atoms with Crippen LogP contribution in [0.2, 0.25) is 0 Å². The number of aromatic nitrogens is 3. The predicted octanol–water partition coefficient (Wildman–Crippen LogP) is 5.55. The Bertz CT molecular complexity index is 1700. The van der Waals surface area contributed by atoms with Crippen molar-refractivity contribution in [1.29, 1.82) is 0 Å². The van der Waals surface area contributed by atoms with Gasteiger partial charge in [0, 0.05) is 34.4 Å². The maximum absolute atomic E-state index is 13.5. The molecule has 168 valence electrons. The summed E-state index contributed by atoms with van der Waals surface area (Å²) in [6.07, 6.45) is 0. The van der Waals surface area contributed by atoms with E-state index in [-0.39, 0.29) is 11.3 Å². The fraction of sp³-hybridized carbons (Fsp3) is 0.0370. The first kappa shape index (κ1) is 20.6. The quantitative estimate of drug-likeness (QED) is 0.214. The predicted molar refractivity (Wildman–Crippen MR) is 130 cm³/mol. The molecule has 6 rings (SSSR count). The zero-order valence-corrected chi connectivity index (χ0v) is 18.4. The summed E-state index contributed by atoms with van der Waals surface area (Å²) in [4.78, 5) is 42.0. The van der Waals surface area contributed by atoms with E-state index in [9.17, 15) is 19.7 Å². The number of nitrogens with zero attached hydrogens (tertiary/aromatic N) is 3. The van der Waals surface area contributed by atoms with Crippen molar-refractivity contribution in [2.45, 2.75) is 6.92 Å². The van der Waals surface area contributed by atoms with Gasteiger partial charge in [0.1, 0.15) is 0 Å². The Kier molecular flexibility index (Phi) is 4.43. The molecular formula is C27H16N4O4. The highest BCUT2D eigenvalue weighted by Crippen LogP contribution is 2.44. The van der Waals surface area contributed by atoms with Crippen molar-refractivity contribution in [3.63, 3.8) is 0 Å². The Morgan fingerprint density at radius 3 is 2.14 bits per heavy atom. The van der Waals surface area contributed by atoms with E-state index >= 15 is 0 Å². The molecule has 0 fully saturated rings. The van der Waals surface area contributed by atoms with E-state index in [4.69, 9.17) is 4.98 Å². The van der Waals surface area contributed by atoms with Crippen LogP contribution in [0.25, 0.3) is 44.7 Å². The number of non-ortho nitro benzene ring substituents is 1. The number of ketones is 2. The molecule has 0 amide bonds. The standard InChI is InChI=1S/C27H16N4O4/c1-14-6-8-16(9-7-14)23-22-20(15-10-12-17(13-11-15)31(34)35)21-24(28-27(22)30-29-23)18-4-2-3-5-19(18)25(32)26(21)33/h2-13H,1H3,(H,28,29,30). The van der Waals surface area contributed by atoms with Gasteiger partial charge < -0.3 is 0 Å². The molecule has 2 heterocycles. The largest absolute Gasteiger partial charge is 0.285 e. The number of carbonyl (C=O) groups is 2. The Labute approximate surface area is 198 Å². The first-order valence-electron chi connectivity index (χ1n) is 10.9. The topological polar surface area (TPSA) is 119 Å². The Balaban J connectivity index is 1.74. The van der Waals surface area contributed by atoms with Crippen molar-refractivity contribution in [2.24, 2.45) is 0 Å². The van der Waals surface area contributed by atoms with Crippen LogP contribution in [-0.2, 0) is 0 Å². The van der Waals surface area contributed by atoms with Gasteiger partial charge in [0.25, 0.3) is 5.69 Å². The van der Waals surface area contributed by atoms with E-state index in [2.05, 4.69) is 10.2 Å². The lowest BCUT2D eigenvalue weighted by molar-refractivity contribution is -0.384. The number of aromatic amines is 1. The van der Waals surface area contributed by atoms with Crippen LogP contribution in [0.15, 0.2) is 72.8 Å². The van der Waals surface area contributed by atoms with Crippen molar-refractivity contribution in [3.05, 3.63) is 99.6 Å². The van der Waals surface area contributed by atoms with Crippen molar-refractivity contribution in [2.75, 3.05) is 0 Å². The number of Topliss-reactive ketones (excluding diaryl/α,β-unsaturated/α-hetero) is 2. The van der Waals surface area contributed by atoms with Gasteiger partial charge >= 0.3 is 0 Å². The van der Waals surface area contributed by atoms with E-state index in [0.717, 1.165) is 11.1 Å². The summed E-state index contributed by atoms with van der Waals surface area (Å²) in [5.41, 5.74) is 5.26. The minimum absolute atomic E-state index is 0.0772. The molecule has 0 spiro atoms. The number of carbonyl (C=O) groups excluding carboxylic acids is 2. The van der Waals surface area contributed by atoms with Crippen LogP contribution in [0, 0.1) is 17.0 Å². The molecule has 1 N–H and O–H groups in total. The molecule has 0 radical (unpaired) electrons. The molecule has 5 aromatic rings. The van der Waals surface area contributed by atoms with Crippen molar-refractivity contribution >= 4 is 28.3 Å². The van der Waals surface area contributed by atoms with Gasteiger partial charge in [0.05, 0.1) is 27.3 Å². The summed E-state index contributed by atoms with van der Waals surface area (Å²) in [7, 11) is 0. The Morgan fingerprint density at radius 2 is 1.46 bits per heavy atom. The molecule has 3 aromatic carbocycles. The normalized spacial score (nSPS) is 12.5. The highest BCUT2D eigenvalue weighted by Gasteiger charge is 2.36. The third-order valence-corrected chi connectivity index (χ3v) is 6.27. The first-order chi connectivity index (χ1) is 16.9. The monoisotopic (exact) mass is 460 g/mol. The summed E-state index contributed by atoms with van der Waals surface area (Å²) in [5.74, 6) is -1.28. The maximum atomic E-state index is 13.5. The lowest BCUT2D eigenvalue weighted by atomic mass is 9.82. The first-order valence-corrected chi connectivity index (χ1v) is 10.9. The molecule has 35 heavy (non-hydrogen) atoms. The van der Waals surface area contributed by atoms with Gasteiger partial charge in [-0.15, -0.1) is 0 Å². The summed E-state index contributed by atoms with van der Waals surface area (Å²) >= 11 is 0. The van der Waals surface area contributed by atoms with Crippen LogP contribution in [0.1, 0.15) is 26.3 Å². The number of aryl methyl sites for hydroxylation is 1. The number of H-pyrrole nitrogens is 1. The van der Waals surface area contributed by atoms with Gasteiger partial charge in [0.15, 0.2) is 5.65 Å². The molecule has 1 aliphatic carbocycles. The van der Waals surface area contributed by atoms with E-state index in [0.29, 0.717) is 44.7 Å². The van der Waals surface area contributed by atoms with E-state index in [1.807, 2.05) is 31.2 Å². The minimum atomic E-state index is -0.669. The number of nitrogens with one attached hydrogen (secondary N) is 1. The van der Waals surface area contributed by atoms with Crippen LogP contribution >= 0.6 is 0 Å². The molecule has 0 saturated carbocycles. The summed E-state index contributed by atoms with van der Waals surface area (Å²) < 4.78 is 0. The van der Waals surface area contributed by atoms with Gasteiger partial charge in [-0.3, -0.25) is 24.8 Å². The summed E-state index contributed by atoms with van der Waals surface area (Å²) in [6.45, 7) is 1.98. The summed E-state index contributed by atoms with van der Waals surface area (Å²) in [5, 5.41) is 19.3. The lowest BCUT2D eigenvalue weighted by Crippen LogP contribution is -2.23. The smallest absolute Gasteiger partial charge is 0.269 e. The molecule has 2 aromatic heterocycles. The fourth-order valence-corrected chi connectivity index (χ4v) is 4.56. The number of benzene rings is 3. The number of fused-ring (bicyclic) bond motifs is 4. The van der Waals surface area contributed by atoms with Crippen LogP contribution in [0.5, 0.6) is 0 Å². The van der Waals surface area contributed by atoms with Crippen LogP contribution < -0.4 is 0 Å². The van der Waals surface area contributed by atoms with Gasteiger partial charge in [-0.05, 0) is 24.6 Å². The Morgan fingerprint density at radius 1 is 0.800 bits per heavy atom. The second-order valence-electron chi connectivity index (χ2n) is 8.38. The van der Waals surface area contributed by atoms with Crippen LogP contribution in [0.3, 0.4) is 0 Å². The zero-order valence-electron chi connectivity index (χ0n) is 18.4. The number of nitro benzene ring substituents is 1. The number of rotatable bonds is 3. The maximum Gasteiger partial charge on any atom is 0.269 e. The molecule has 8 nitrogen and oxygen atoms in total. The number of nitro groups is 1. The van der Waals surface area contributed by atoms with E-state index in [1.165, 1.54) is 12.1 Å². The molecule has 1 aliphatic rings. The average molecular weight is 460 g/mol. The summed E-state index contributed by atoms with van der Waals surface area (Å²) in [6, 6.07) is 20.6. The molecule has 0 bridgehead atoms. The van der Waals surface area contributed by atoms with E-state index < -0.39 is 16.5 Å². The van der Waals surface area contributed by atoms with Crippen molar-refractivity contribution < 1.29 is 14.5 Å². The minimum Gasteiger partial charge on any atom is -0.285 e. The van der Waals surface area contributed by atoms with Gasteiger partial charge in [-0.2, -0.15) is 5.10 Å². The molecule has 0 aliphatic heterocycles. The van der Waals surface area contributed by atoms with Gasteiger partial charge in [-0.25, -0.2) is 4.98 Å². The molecular weight excluding hydrogens is 444 g/mol. The second-order valence-corrected chi connectivity index (χ2v) is 8.38. The molecule has 0 unspecified atom stereocenters. The SMILES string of the molecule is Cc1ccc(-c2[nH]nc3nc4c(c(-c5ccc([N+](=O)[O-])cc5)c23)C(=O)C(=O)c2ccccc2-4)cc1. The number of hydrogen-bond acceptors (Lipinski definition) is 6.